The van der Waals surface area contributed by atoms with E-state index in [0.29, 0.717) is 5.92 Å². The molecule has 1 unspecified atom stereocenters. The third-order valence-corrected chi connectivity index (χ3v) is 6.50. The molecule has 0 spiro atoms. The number of rotatable bonds is 5. The minimum atomic E-state index is -0.713. The zero-order valence-corrected chi connectivity index (χ0v) is 16.1. The number of aliphatic carboxylic acids is 1. The Morgan fingerprint density at radius 1 is 1.15 bits per heavy atom. The summed E-state index contributed by atoms with van der Waals surface area (Å²) in [6.07, 6.45) is 3.87. The van der Waals surface area contributed by atoms with E-state index in [1.807, 2.05) is 0 Å². The van der Waals surface area contributed by atoms with Crippen LogP contribution in [-0.2, 0) is 16.6 Å². The maximum atomic E-state index is 11.7. The molecule has 0 amide bonds. The third-order valence-electron chi connectivity index (χ3n) is 6.50. The van der Waals surface area contributed by atoms with Gasteiger partial charge in [-0.15, -0.1) is 0 Å². The van der Waals surface area contributed by atoms with Crippen LogP contribution in [0, 0.1) is 0 Å². The second kappa shape index (κ2) is 6.88. The molecule has 1 aliphatic rings. The van der Waals surface area contributed by atoms with Gasteiger partial charge in [-0.05, 0) is 42.4 Å². The molecule has 0 saturated carbocycles. The van der Waals surface area contributed by atoms with Gasteiger partial charge >= 0.3 is 5.97 Å². The van der Waals surface area contributed by atoms with Crippen LogP contribution in [-0.4, -0.2) is 16.1 Å². The molecule has 0 saturated heterocycles. The van der Waals surface area contributed by atoms with E-state index in [0.717, 1.165) is 31.4 Å². The second-order valence-corrected chi connectivity index (χ2v) is 7.81. The van der Waals surface area contributed by atoms with Gasteiger partial charge in [0.1, 0.15) is 0 Å². The van der Waals surface area contributed by atoms with Gasteiger partial charge in [-0.3, -0.25) is 4.79 Å². The molecule has 2 N–H and O–H groups in total. The predicted molar refractivity (Wildman–Crippen MR) is 109 cm³/mol. The number of H-pyrrole nitrogens is 1. The lowest BCUT2D eigenvalue weighted by Gasteiger charge is -2.39. The smallest absolute Gasteiger partial charge is 0.304 e. The molecule has 0 fully saturated rings. The number of aryl methyl sites for hydroxylation is 1. The van der Waals surface area contributed by atoms with Crippen molar-refractivity contribution in [3.63, 3.8) is 0 Å². The van der Waals surface area contributed by atoms with Gasteiger partial charge in [0.15, 0.2) is 0 Å². The molecular formula is C24H27NO2. The molecule has 3 nitrogen and oxygen atoms in total. The number of aromatic nitrogens is 1. The Kier molecular flexibility index (Phi) is 4.55. The molecule has 1 aromatic heterocycles. The number of hydrogen-bond acceptors (Lipinski definition) is 1. The van der Waals surface area contributed by atoms with Crippen LogP contribution >= 0.6 is 0 Å². The third kappa shape index (κ3) is 2.86. The van der Waals surface area contributed by atoms with Crippen molar-refractivity contribution in [2.45, 2.75) is 57.3 Å². The number of carboxylic acid groups (broad SMARTS) is 1. The molecule has 3 aromatic rings. The van der Waals surface area contributed by atoms with Crippen LogP contribution < -0.4 is 0 Å². The standard InChI is InChI=1S/C24H27NO2/c1-3-16-11-8-12-19-21-18(17-9-6-5-7-10-17)13-14-24(4-2,15-20(26)27)23(21)25-22(16)19/h5-12,18,25H,3-4,13-15H2,1-2H3,(H,26,27)/t18-,24?/m1/s1. The highest BCUT2D eigenvalue weighted by Crippen LogP contribution is 2.51. The quantitative estimate of drug-likeness (QED) is 0.605. The topological polar surface area (TPSA) is 53.1 Å². The number of fused-ring (bicyclic) bond motifs is 3. The summed E-state index contributed by atoms with van der Waals surface area (Å²) in [5, 5.41) is 10.9. The normalized spacial score (nSPS) is 21.9. The Morgan fingerprint density at radius 3 is 2.59 bits per heavy atom. The maximum absolute atomic E-state index is 11.7. The summed E-state index contributed by atoms with van der Waals surface area (Å²) in [4.78, 5) is 15.4. The van der Waals surface area contributed by atoms with E-state index in [4.69, 9.17) is 0 Å². The first-order valence-corrected chi connectivity index (χ1v) is 10.0. The van der Waals surface area contributed by atoms with Crippen molar-refractivity contribution in [2.24, 2.45) is 0 Å². The zero-order chi connectivity index (χ0) is 19.0. The Hall–Kier alpha value is -2.55. The van der Waals surface area contributed by atoms with Gasteiger partial charge in [0.25, 0.3) is 0 Å². The fraction of sp³-hybridized carbons (Fsp3) is 0.375. The molecule has 0 bridgehead atoms. The van der Waals surface area contributed by atoms with Gasteiger partial charge < -0.3 is 10.1 Å². The lowest BCUT2D eigenvalue weighted by molar-refractivity contribution is -0.138. The van der Waals surface area contributed by atoms with Gasteiger partial charge in [-0.25, -0.2) is 0 Å². The number of nitrogens with one attached hydrogen (secondary N) is 1. The van der Waals surface area contributed by atoms with E-state index >= 15 is 0 Å². The first kappa shape index (κ1) is 17.8. The average Bonchev–Trinajstić information content (AvgIpc) is 3.09. The summed E-state index contributed by atoms with van der Waals surface area (Å²) in [5.41, 5.74) is 5.98. The minimum absolute atomic E-state index is 0.187. The van der Waals surface area contributed by atoms with E-state index in [9.17, 15) is 9.90 Å². The summed E-state index contributed by atoms with van der Waals surface area (Å²) in [5.74, 6) is -0.397. The van der Waals surface area contributed by atoms with Crippen molar-refractivity contribution in [1.29, 1.82) is 0 Å². The number of benzene rings is 2. The van der Waals surface area contributed by atoms with Gasteiger partial charge in [-0.1, -0.05) is 62.4 Å². The molecule has 2 atom stereocenters. The Bertz CT molecular complexity index is 973. The van der Waals surface area contributed by atoms with Crippen LogP contribution in [0.15, 0.2) is 48.5 Å². The Balaban J connectivity index is 2.00. The molecule has 1 heterocycles. The molecule has 27 heavy (non-hydrogen) atoms. The predicted octanol–water partition coefficient (Wildman–Crippen LogP) is 5.78. The average molecular weight is 361 g/mol. The second-order valence-electron chi connectivity index (χ2n) is 7.81. The highest BCUT2D eigenvalue weighted by molar-refractivity contribution is 5.89. The van der Waals surface area contributed by atoms with Gasteiger partial charge in [0, 0.05) is 27.9 Å². The van der Waals surface area contributed by atoms with Crippen LogP contribution in [0.25, 0.3) is 10.9 Å². The molecule has 0 aliphatic heterocycles. The zero-order valence-electron chi connectivity index (χ0n) is 16.1. The van der Waals surface area contributed by atoms with E-state index in [1.165, 1.54) is 27.6 Å². The van der Waals surface area contributed by atoms with Crippen LogP contribution in [0.2, 0.25) is 0 Å². The fourth-order valence-corrected chi connectivity index (χ4v) is 5.03. The van der Waals surface area contributed by atoms with Crippen LogP contribution in [0.5, 0.6) is 0 Å². The lowest BCUT2D eigenvalue weighted by atomic mass is 9.65. The van der Waals surface area contributed by atoms with Crippen molar-refractivity contribution in [1.82, 2.24) is 4.98 Å². The highest BCUT2D eigenvalue weighted by Gasteiger charge is 2.43. The van der Waals surface area contributed by atoms with E-state index in [2.05, 4.69) is 67.4 Å². The van der Waals surface area contributed by atoms with Crippen molar-refractivity contribution in [2.75, 3.05) is 0 Å². The Morgan fingerprint density at radius 2 is 1.93 bits per heavy atom. The monoisotopic (exact) mass is 361 g/mol. The molecular weight excluding hydrogens is 334 g/mol. The van der Waals surface area contributed by atoms with Gasteiger partial charge in [0.2, 0.25) is 0 Å². The fourth-order valence-electron chi connectivity index (χ4n) is 5.03. The molecule has 140 valence electrons. The number of para-hydroxylation sites is 1. The van der Waals surface area contributed by atoms with Crippen molar-refractivity contribution in [3.8, 4) is 0 Å². The highest BCUT2D eigenvalue weighted by atomic mass is 16.4. The minimum Gasteiger partial charge on any atom is -0.481 e. The number of hydrogen-bond donors (Lipinski definition) is 2. The van der Waals surface area contributed by atoms with E-state index in [1.54, 1.807) is 0 Å². The van der Waals surface area contributed by atoms with Crippen molar-refractivity contribution in [3.05, 3.63) is 70.9 Å². The van der Waals surface area contributed by atoms with Gasteiger partial charge in [-0.2, -0.15) is 0 Å². The van der Waals surface area contributed by atoms with Crippen LogP contribution in [0.4, 0.5) is 0 Å². The van der Waals surface area contributed by atoms with Gasteiger partial charge in [0.05, 0.1) is 6.42 Å². The molecule has 1 aliphatic carbocycles. The molecule has 0 radical (unpaired) electrons. The molecule has 3 heteroatoms. The summed E-state index contributed by atoms with van der Waals surface area (Å²) >= 11 is 0. The first-order valence-electron chi connectivity index (χ1n) is 10.0. The summed E-state index contributed by atoms with van der Waals surface area (Å²) in [7, 11) is 0. The summed E-state index contributed by atoms with van der Waals surface area (Å²) in [6, 6.07) is 17.2. The molecule has 4 rings (SSSR count). The van der Waals surface area contributed by atoms with Crippen LogP contribution in [0.1, 0.15) is 67.8 Å². The largest absolute Gasteiger partial charge is 0.481 e. The first-order chi connectivity index (χ1) is 13.1. The Labute approximate surface area is 160 Å². The lowest BCUT2D eigenvalue weighted by Crippen LogP contribution is -2.34. The number of aromatic amines is 1. The molecule has 2 aromatic carbocycles. The summed E-state index contributed by atoms with van der Waals surface area (Å²) < 4.78 is 0. The van der Waals surface area contributed by atoms with Crippen molar-refractivity contribution >= 4 is 16.9 Å². The number of carboxylic acids is 1. The number of carbonyl (C=O) groups is 1. The summed E-state index contributed by atoms with van der Waals surface area (Å²) in [6.45, 7) is 4.30. The maximum Gasteiger partial charge on any atom is 0.304 e. The van der Waals surface area contributed by atoms with E-state index in [-0.39, 0.29) is 11.8 Å². The van der Waals surface area contributed by atoms with Crippen molar-refractivity contribution < 1.29 is 9.90 Å². The van der Waals surface area contributed by atoms with Crippen LogP contribution in [0.3, 0.4) is 0 Å². The van der Waals surface area contributed by atoms with E-state index < -0.39 is 5.97 Å². The SMILES string of the molecule is CCc1cccc2c3c([nH]c12)C(CC)(CC(=O)O)CC[C@@H]3c1ccccc1.